The largest absolute Gasteiger partial charge is 0.396 e. The van der Waals surface area contributed by atoms with Crippen LogP contribution >= 0.6 is 0 Å². The summed E-state index contributed by atoms with van der Waals surface area (Å²) in [6.45, 7) is 2.17. The second-order valence-electron chi connectivity index (χ2n) is 4.39. The number of para-hydroxylation sites is 1. The number of rotatable bonds is 3. The fourth-order valence-electron chi connectivity index (χ4n) is 2.35. The Morgan fingerprint density at radius 2 is 2.06 bits per heavy atom. The van der Waals surface area contributed by atoms with E-state index in [1.165, 1.54) is 5.39 Å². The lowest BCUT2D eigenvalue weighted by molar-refractivity contribution is 0.297. The van der Waals surface area contributed by atoms with Gasteiger partial charge in [-0.1, -0.05) is 18.2 Å². The molecule has 0 aliphatic rings. The van der Waals surface area contributed by atoms with E-state index in [0.717, 1.165) is 28.3 Å². The van der Waals surface area contributed by atoms with E-state index in [-0.39, 0.29) is 6.61 Å². The molecule has 18 heavy (non-hydrogen) atoms. The molecule has 1 aromatic carbocycles. The van der Waals surface area contributed by atoms with Crippen molar-refractivity contribution in [2.75, 3.05) is 6.61 Å². The molecule has 3 rings (SSSR count). The van der Waals surface area contributed by atoms with Crippen molar-refractivity contribution in [3.05, 3.63) is 42.0 Å². The zero-order chi connectivity index (χ0) is 12.5. The monoisotopic (exact) mass is 241 g/mol. The molecule has 3 aromatic rings. The molecular formula is C14H15N3O. The first-order valence-electron chi connectivity index (χ1n) is 6.02. The van der Waals surface area contributed by atoms with Crippen LogP contribution in [0.5, 0.6) is 0 Å². The number of nitrogens with one attached hydrogen (secondary N) is 2. The highest BCUT2D eigenvalue weighted by molar-refractivity contribution is 5.96. The number of imidazole rings is 1. The van der Waals surface area contributed by atoms with E-state index in [1.807, 2.05) is 18.3 Å². The Morgan fingerprint density at radius 1 is 1.22 bits per heavy atom. The summed E-state index contributed by atoms with van der Waals surface area (Å²) in [6, 6.07) is 8.22. The molecular weight excluding hydrogens is 226 g/mol. The van der Waals surface area contributed by atoms with Gasteiger partial charge < -0.3 is 15.1 Å². The summed E-state index contributed by atoms with van der Waals surface area (Å²) >= 11 is 0. The lowest BCUT2D eigenvalue weighted by Crippen LogP contribution is -1.92. The second kappa shape index (κ2) is 4.31. The summed E-state index contributed by atoms with van der Waals surface area (Å²) in [7, 11) is 0. The highest BCUT2D eigenvalue weighted by Crippen LogP contribution is 2.30. The van der Waals surface area contributed by atoms with Gasteiger partial charge in [-0.15, -0.1) is 0 Å². The third-order valence-electron chi connectivity index (χ3n) is 3.14. The number of benzene rings is 1. The predicted octanol–water partition coefficient (Wildman–Crippen LogP) is 2.40. The van der Waals surface area contributed by atoms with Crippen LogP contribution in [0.15, 0.2) is 30.5 Å². The molecule has 2 heterocycles. The van der Waals surface area contributed by atoms with Crippen molar-refractivity contribution in [2.24, 2.45) is 0 Å². The van der Waals surface area contributed by atoms with Gasteiger partial charge in [-0.05, 0) is 13.0 Å². The molecule has 0 radical (unpaired) electrons. The van der Waals surface area contributed by atoms with E-state index < -0.39 is 0 Å². The molecule has 0 bridgehead atoms. The number of aliphatic hydroxyl groups is 1. The van der Waals surface area contributed by atoms with Gasteiger partial charge in [-0.3, -0.25) is 0 Å². The first-order chi connectivity index (χ1) is 8.79. The van der Waals surface area contributed by atoms with E-state index in [4.69, 9.17) is 5.11 Å². The second-order valence-corrected chi connectivity index (χ2v) is 4.39. The van der Waals surface area contributed by atoms with Gasteiger partial charge in [-0.25, -0.2) is 4.98 Å². The standard InChI is InChI=1S/C14H15N3O/c1-9-14(10-4-2-3-5-11(10)16-9)12-8-15-13(17-12)6-7-18/h2-5,8,16,18H,6-7H2,1H3,(H,15,17). The fraction of sp³-hybridized carbons (Fsp3) is 0.214. The van der Waals surface area contributed by atoms with Crippen LogP contribution in [0.3, 0.4) is 0 Å². The third-order valence-corrected chi connectivity index (χ3v) is 3.14. The minimum atomic E-state index is 0.111. The maximum Gasteiger partial charge on any atom is 0.108 e. The van der Waals surface area contributed by atoms with Crippen LogP contribution in [0.1, 0.15) is 11.5 Å². The molecule has 3 N–H and O–H groups in total. The first-order valence-corrected chi connectivity index (χ1v) is 6.02. The van der Waals surface area contributed by atoms with Crippen molar-refractivity contribution < 1.29 is 5.11 Å². The number of aromatic nitrogens is 3. The van der Waals surface area contributed by atoms with Crippen molar-refractivity contribution in [2.45, 2.75) is 13.3 Å². The number of nitrogens with zero attached hydrogens (tertiary/aromatic N) is 1. The van der Waals surface area contributed by atoms with Gasteiger partial charge in [0.05, 0.1) is 18.5 Å². The van der Waals surface area contributed by atoms with Gasteiger partial charge >= 0.3 is 0 Å². The molecule has 0 aliphatic heterocycles. The molecule has 0 amide bonds. The molecule has 0 aliphatic carbocycles. The van der Waals surface area contributed by atoms with Gasteiger partial charge in [0, 0.05) is 28.6 Å². The highest BCUT2D eigenvalue weighted by Gasteiger charge is 2.12. The van der Waals surface area contributed by atoms with Crippen molar-refractivity contribution in [1.29, 1.82) is 0 Å². The zero-order valence-corrected chi connectivity index (χ0v) is 10.2. The van der Waals surface area contributed by atoms with E-state index in [1.54, 1.807) is 0 Å². The maximum absolute atomic E-state index is 8.92. The molecule has 0 fully saturated rings. The topological polar surface area (TPSA) is 64.7 Å². The number of hydrogen-bond donors (Lipinski definition) is 3. The van der Waals surface area contributed by atoms with Gasteiger partial charge in [0.15, 0.2) is 0 Å². The molecule has 2 aromatic heterocycles. The van der Waals surface area contributed by atoms with E-state index in [2.05, 4.69) is 34.0 Å². The Kier molecular flexibility index (Phi) is 2.64. The molecule has 4 heteroatoms. The van der Waals surface area contributed by atoms with Gasteiger partial charge in [0.1, 0.15) is 5.82 Å². The van der Waals surface area contributed by atoms with Gasteiger partial charge in [0.2, 0.25) is 0 Å². The van der Waals surface area contributed by atoms with E-state index in [0.29, 0.717) is 6.42 Å². The zero-order valence-electron chi connectivity index (χ0n) is 10.2. The van der Waals surface area contributed by atoms with E-state index >= 15 is 0 Å². The number of fused-ring (bicyclic) bond motifs is 1. The number of hydrogen-bond acceptors (Lipinski definition) is 2. The van der Waals surface area contributed by atoms with Crippen molar-refractivity contribution in [3.63, 3.8) is 0 Å². The van der Waals surface area contributed by atoms with Crippen molar-refractivity contribution in [3.8, 4) is 11.3 Å². The molecule has 0 atom stereocenters. The number of H-pyrrole nitrogens is 2. The summed E-state index contributed by atoms with van der Waals surface area (Å²) in [5, 5.41) is 10.1. The van der Waals surface area contributed by atoms with Gasteiger partial charge in [-0.2, -0.15) is 0 Å². The van der Waals surface area contributed by atoms with Gasteiger partial charge in [0.25, 0.3) is 0 Å². The summed E-state index contributed by atoms with van der Waals surface area (Å²) < 4.78 is 0. The SMILES string of the molecule is Cc1[nH]c2ccccc2c1-c1cnc(CCO)[nH]1. The fourth-order valence-corrected chi connectivity index (χ4v) is 2.35. The summed E-state index contributed by atoms with van der Waals surface area (Å²) in [5.41, 5.74) is 4.40. The number of aromatic amines is 2. The Morgan fingerprint density at radius 3 is 2.89 bits per heavy atom. The lowest BCUT2D eigenvalue weighted by atomic mass is 10.1. The maximum atomic E-state index is 8.92. The van der Waals surface area contributed by atoms with Crippen LogP contribution in [0, 0.1) is 6.92 Å². The molecule has 0 spiro atoms. The number of aryl methyl sites for hydroxylation is 1. The van der Waals surface area contributed by atoms with Crippen LogP contribution in [-0.4, -0.2) is 26.7 Å². The third kappa shape index (κ3) is 1.71. The van der Waals surface area contributed by atoms with Crippen molar-refractivity contribution >= 4 is 10.9 Å². The summed E-state index contributed by atoms with van der Waals surface area (Å²) in [5.74, 6) is 0.817. The Hall–Kier alpha value is -2.07. The Bertz CT molecular complexity index is 681. The average Bonchev–Trinajstić information content (AvgIpc) is 2.92. The van der Waals surface area contributed by atoms with Crippen LogP contribution in [-0.2, 0) is 6.42 Å². The van der Waals surface area contributed by atoms with E-state index in [9.17, 15) is 0 Å². The van der Waals surface area contributed by atoms with Crippen LogP contribution < -0.4 is 0 Å². The summed E-state index contributed by atoms with van der Waals surface area (Å²) in [6.07, 6.45) is 2.38. The highest BCUT2D eigenvalue weighted by atomic mass is 16.3. The van der Waals surface area contributed by atoms with Crippen molar-refractivity contribution in [1.82, 2.24) is 15.0 Å². The predicted molar refractivity (Wildman–Crippen MR) is 71.4 cm³/mol. The first kappa shape index (κ1) is 11.0. The normalized spacial score (nSPS) is 11.2. The minimum absolute atomic E-state index is 0.111. The van der Waals surface area contributed by atoms with Crippen LogP contribution in [0.2, 0.25) is 0 Å². The number of aliphatic hydroxyl groups excluding tert-OH is 1. The Balaban J connectivity index is 2.15. The average molecular weight is 241 g/mol. The smallest absolute Gasteiger partial charge is 0.108 e. The minimum Gasteiger partial charge on any atom is -0.396 e. The molecule has 0 saturated heterocycles. The molecule has 4 nitrogen and oxygen atoms in total. The quantitative estimate of drug-likeness (QED) is 0.659. The Labute approximate surface area is 105 Å². The molecule has 92 valence electrons. The van der Waals surface area contributed by atoms with Crippen LogP contribution in [0.25, 0.3) is 22.2 Å². The molecule has 0 unspecified atom stereocenters. The summed E-state index contributed by atoms with van der Waals surface area (Å²) in [4.78, 5) is 10.9. The van der Waals surface area contributed by atoms with Crippen LogP contribution in [0.4, 0.5) is 0 Å². The molecule has 0 saturated carbocycles. The lowest BCUT2D eigenvalue weighted by Gasteiger charge is -1.97.